The van der Waals surface area contributed by atoms with E-state index in [9.17, 15) is 0 Å². The van der Waals surface area contributed by atoms with E-state index in [1.54, 1.807) is 0 Å². The predicted molar refractivity (Wildman–Crippen MR) is 83.7 cm³/mol. The molecule has 0 amide bonds. The molecule has 1 heteroatoms. The normalized spacial score (nSPS) is 38.4. The third-order valence-electron chi connectivity index (χ3n) is 6.19. The van der Waals surface area contributed by atoms with E-state index in [0.29, 0.717) is 5.54 Å². The van der Waals surface area contributed by atoms with Gasteiger partial charge in [-0.3, -0.25) is 0 Å². The number of benzene rings is 1. The van der Waals surface area contributed by atoms with Gasteiger partial charge < -0.3 is 5.32 Å². The molecule has 4 aliphatic rings. The first-order valence-corrected chi connectivity index (χ1v) is 8.43. The summed E-state index contributed by atoms with van der Waals surface area (Å²) in [6.45, 7) is 5.51. The highest BCUT2D eigenvalue weighted by Crippen LogP contribution is 2.55. The molecule has 4 bridgehead atoms. The average Bonchev–Trinajstić information content (AvgIpc) is 2.36. The zero-order valence-electron chi connectivity index (χ0n) is 12.9. The molecule has 1 N–H and O–H groups in total. The van der Waals surface area contributed by atoms with Gasteiger partial charge in [0, 0.05) is 12.1 Å². The standard InChI is InChI=1S/C19H27N/c1-13-3-4-18(14(2)5-13)12-20-19-9-15-6-16(10-19)8-17(7-15)11-19/h3-5,15-17,20H,6-12H2,1-2H3. The van der Waals surface area contributed by atoms with Gasteiger partial charge in [0.25, 0.3) is 0 Å². The van der Waals surface area contributed by atoms with Crippen molar-refractivity contribution in [1.82, 2.24) is 5.32 Å². The molecule has 0 atom stereocenters. The van der Waals surface area contributed by atoms with E-state index in [1.807, 2.05) is 0 Å². The van der Waals surface area contributed by atoms with Crippen LogP contribution < -0.4 is 5.32 Å². The third-order valence-corrected chi connectivity index (χ3v) is 6.19. The van der Waals surface area contributed by atoms with Crippen LogP contribution >= 0.6 is 0 Å². The Hall–Kier alpha value is -0.820. The lowest BCUT2D eigenvalue weighted by molar-refractivity contribution is -0.0206. The van der Waals surface area contributed by atoms with Crippen LogP contribution in [0.2, 0.25) is 0 Å². The van der Waals surface area contributed by atoms with Crippen molar-refractivity contribution < 1.29 is 0 Å². The van der Waals surface area contributed by atoms with E-state index < -0.39 is 0 Å². The summed E-state index contributed by atoms with van der Waals surface area (Å²) in [5.74, 6) is 3.11. The minimum absolute atomic E-state index is 0.492. The van der Waals surface area contributed by atoms with Crippen LogP contribution in [0, 0.1) is 31.6 Å². The molecule has 0 radical (unpaired) electrons. The largest absolute Gasteiger partial charge is 0.307 e. The summed E-state index contributed by atoms with van der Waals surface area (Å²) in [6, 6.07) is 6.89. The van der Waals surface area contributed by atoms with Crippen molar-refractivity contribution in [2.24, 2.45) is 17.8 Å². The molecule has 0 aliphatic heterocycles. The Balaban J connectivity index is 1.49. The molecule has 0 heterocycles. The summed E-state index contributed by atoms with van der Waals surface area (Å²) in [5.41, 5.74) is 4.81. The molecule has 4 aliphatic carbocycles. The fourth-order valence-electron chi connectivity index (χ4n) is 5.65. The lowest BCUT2D eigenvalue weighted by Crippen LogP contribution is -2.58. The van der Waals surface area contributed by atoms with Crippen LogP contribution in [0.25, 0.3) is 0 Å². The molecule has 1 aromatic carbocycles. The van der Waals surface area contributed by atoms with Crippen molar-refractivity contribution in [1.29, 1.82) is 0 Å². The molecular weight excluding hydrogens is 242 g/mol. The Kier molecular flexibility index (Phi) is 2.96. The minimum atomic E-state index is 0.492. The van der Waals surface area contributed by atoms with E-state index in [1.165, 1.54) is 55.2 Å². The van der Waals surface area contributed by atoms with E-state index in [2.05, 4.69) is 37.4 Å². The van der Waals surface area contributed by atoms with Gasteiger partial charge in [-0.25, -0.2) is 0 Å². The number of hydrogen-bond donors (Lipinski definition) is 1. The van der Waals surface area contributed by atoms with Crippen molar-refractivity contribution >= 4 is 0 Å². The number of hydrogen-bond acceptors (Lipinski definition) is 1. The number of aryl methyl sites for hydroxylation is 2. The number of nitrogens with one attached hydrogen (secondary N) is 1. The smallest absolute Gasteiger partial charge is 0.0213 e. The highest BCUT2D eigenvalue weighted by atomic mass is 15.0. The second-order valence-corrected chi connectivity index (χ2v) is 7.98. The second kappa shape index (κ2) is 4.59. The molecular formula is C19H27N. The van der Waals surface area contributed by atoms with Crippen LogP contribution in [0.15, 0.2) is 18.2 Å². The van der Waals surface area contributed by atoms with E-state index in [0.717, 1.165) is 24.3 Å². The molecule has 1 nitrogen and oxygen atoms in total. The van der Waals surface area contributed by atoms with Gasteiger partial charge in [-0.1, -0.05) is 23.8 Å². The minimum Gasteiger partial charge on any atom is -0.307 e. The Morgan fingerprint density at radius 1 is 1.00 bits per heavy atom. The summed E-state index contributed by atoms with van der Waals surface area (Å²) in [7, 11) is 0. The van der Waals surface area contributed by atoms with Crippen molar-refractivity contribution in [3.05, 3.63) is 34.9 Å². The molecule has 20 heavy (non-hydrogen) atoms. The maximum atomic E-state index is 4.00. The lowest BCUT2D eigenvalue weighted by atomic mass is 9.53. The first-order valence-electron chi connectivity index (χ1n) is 8.43. The van der Waals surface area contributed by atoms with Crippen molar-refractivity contribution in [2.45, 2.75) is 64.5 Å². The molecule has 4 fully saturated rings. The quantitative estimate of drug-likeness (QED) is 0.859. The van der Waals surface area contributed by atoms with E-state index in [4.69, 9.17) is 0 Å². The lowest BCUT2D eigenvalue weighted by Gasteiger charge is -2.57. The fraction of sp³-hybridized carbons (Fsp3) is 0.684. The second-order valence-electron chi connectivity index (χ2n) is 7.98. The molecule has 0 spiro atoms. The van der Waals surface area contributed by atoms with Crippen molar-refractivity contribution in [3.8, 4) is 0 Å². The highest BCUT2D eigenvalue weighted by Gasteiger charge is 2.50. The fourth-order valence-corrected chi connectivity index (χ4v) is 5.65. The zero-order valence-corrected chi connectivity index (χ0v) is 12.9. The van der Waals surface area contributed by atoms with Crippen LogP contribution in [-0.2, 0) is 6.54 Å². The molecule has 1 aromatic rings. The van der Waals surface area contributed by atoms with Gasteiger partial charge in [0.1, 0.15) is 0 Å². The topological polar surface area (TPSA) is 12.0 Å². The van der Waals surface area contributed by atoms with Gasteiger partial charge >= 0.3 is 0 Å². The van der Waals surface area contributed by atoms with Gasteiger partial charge in [0.15, 0.2) is 0 Å². The Bertz CT molecular complexity index is 481. The van der Waals surface area contributed by atoms with Gasteiger partial charge in [0.05, 0.1) is 0 Å². The molecule has 5 rings (SSSR count). The van der Waals surface area contributed by atoms with Crippen LogP contribution in [0.5, 0.6) is 0 Å². The number of rotatable bonds is 3. The first-order chi connectivity index (χ1) is 9.62. The van der Waals surface area contributed by atoms with Gasteiger partial charge in [0.2, 0.25) is 0 Å². The Labute approximate surface area is 123 Å². The van der Waals surface area contributed by atoms with Crippen LogP contribution in [0.3, 0.4) is 0 Å². The summed E-state index contributed by atoms with van der Waals surface area (Å²) >= 11 is 0. The average molecular weight is 269 g/mol. The Morgan fingerprint density at radius 2 is 1.60 bits per heavy atom. The van der Waals surface area contributed by atoms with Crippen LogP contribution in [0.4, 0.5) is 0 Å². The van der Waals surface area contributed by atoms with Crippen LogP contribution in [-0.4, -0.2) is 5.54 Å². The maximum Gasteiger partial charge on any atom is 0.0213 e. The summed E-state index contributed by atoms with van der Waals surface area (Å²) in [5, 5.41) is 4.00. The predicted octanol–water partition coefficient (Wildman–Crippen LogP) is 4.36. The monoisotopic (exact) mass is 269 g/mol. The van der Waals surface area contributed by atoms with Crippen molar-refractivity contribution in [2.75, 3.05) is 0 Å². The molecule has 4 saturated carbocycles. The van der Waals surface area contributed by atoms with Crippen molar-refractivity contribution in [3.63, 3.8) is 0 Å². The van der Waals surface area contributed by atoms with E-state index in [-0.39, 0.29) is 0 Å². The third kappa shape index (κ3) is 2.20. The van der Waals surface area contributed by atoms with Gasteiger partial charge in [-0.15, -0.1) is 0 Å². The highest BCUT2D eigenvalue weighted by molar-refractivity contribution is 5.30. The molecule has 0 saturated heterocycles. The maximum absolute atomic E-state index is 4.00. The van der Waals surface area contributed by atoms with Gasteiger partial charge in [-0.2, -0.15) is 0 Å². The van der Waals surface area contributed by atoms with Crippen LogP contribution in [0.1, 0.15) is 55.2 Å². The summed E-state index contributed by atoms with van der Waals surface area (Å²) in [6.07, 6.45) is 8.94. The first kappa shape index (κ1) is 12.9. The molecule has 108 valence electrons. The Morgan fingerprint density at radius 3 is 2.15 bits per heavy atom. The summed E-state index contributed by atoms with van der Waals surface area (Å²) in [4.78, 5) is 0. The van der Waals surface area contributed by atoms with Gasteiger partial charge in [-0.05, 0) is 81.3 Å². The summed E-state index contributed by atoms with van der Waals surface area (Å²) < 4.78 is 0. The van der Waals surface area contributed by atoms with E-state index >= 15 is 0 Å². The SMILES string of the molecule is Cc1ccc(CNC23CC4CC(CC(C4)C2)C3)c(C)c1. The zero-order chi connectivity index (χ0) is 13.7. The molecule has 0 unspecified atom stereocenters. The molecule has 0 aromatic heterocycles.